The predicted octanol–water partition coefficient (Wildman–Crippen LogP) is 4.16. The third-order valence-corrected chi connectivity index (χ3v) is 7.87. The lowest BCUT2D eigenvalue weighted by molar-refractivity contribution is 0.205. The van der Waals surface area contributed by atoms with Crippen LogP contribution in [-0.4, -0.2) is 42.9 Å². The summed E-state index contributed by atoms with van der Waals surface area (Å²) >= 11 is 9.43. The Hall–Kier alpha value is -1.64. The van der Waals surface area contributed by atoms with Crippen LogP contribution in [0.25, 0.3) is 0 Å². The monoisotopic (exact) mass is 486 g/mol. The molecule has 2 fully saturated rings. The quantitative estimate of drug-likeness (QED) is 0.611. The van der Waals surface area contributed by atoms with E-state index in [1.165, 1.54) is 15.9 Å². The van der Waals surface area contributed by atoms with Crippen molar-refractivity contribution in [2.45, 2.75) is 25.6 Å². The molecule has 0 aliphatic carbocycles. The third kappa shape index (κ3) is 3.42. The number of halogens is 3. The number of anilines is 1. The van der Waals surface area contributed by atoms with Gasteiger partial charge in [-0.05, 0) is 36.8 Å². The van der Waals surface area contributed by atoms with Crippen molar-refractivity contribution in [3.05, 3.63) is 62.8 Å². The molecule has 9 heteroatoms. The van der Waals surface area contributed by atoms with Gasteiger partial charge < -0.3 is 4.90 Å². The van der Waals surface area contributed by atoms with E-state index in [2.05, 4.69) is 15.9 Å². The van der Waals surface area contributed by atoms with Crippen molar-refractivity contribution in [3.8, 4) is 0 Å². The first-order valence-corrected chi connectivity index (χ1v) is 11.7. The maximum atomic E-state index is 14.3. The Morgan fingerprint density at radius 3 is 2.57 bits per heavy atom. The van der Waals surface area contributed by atoms with Gasteiger partial charge in [0.2, 0.25) is 0 Å². The van der Waals surface area contributed by atoms with Crippen LogP contribution in [0.5, 0.6) is 0 Å². The standard InChI is InChI=1S/C19H17BrClFN2O3S/c1-11-2-5-14(7-15(11)21)24-18-10-28(26,27)9-17(18)23(19(24)25)8-12-3-4-13(20)6-16(12)22/h2-7,17-18H,8-10H2,1H3. The molecule has 28 heavy (non-hydrogen) atoms. The van der Waals surface area contributed by atoms with E-state index in [4.69, 9.17) is 11.6 Å². The molecule has 0 aromatic heterocycles. The van der Waals surface area contributed by atoms with Gasteiger partial charge in [0.1, 0.15) is 5.82 Å². The highest BCUT2D eigenvalue weighted by molar-refractivity contribution is 9.10. The average molecular weight is 488 g/mol. The zero-order valence-electron chi connectivity index (χ0n) is 14.9. The molecule has 148 valence electrons. The minimum atomic E-state index is -3.30. The Labute approximate surface area is 176 Å². The molecule has 0 saturated carbocycles. The summed E-state index contributed by atoms with van der Waals surface area (Å²) < 4.78 is 39.5. The van der Waals surface area contributed by atoms with Crippen LogP contribution in [0.2, 0.25) is 5.02 Å². The molecular formula is C19H17BrClFN2O3S. The van der Waals surface area contributed by atoms with Gasteiger partial charge in [0, 0.05) is 20.7 Å². The van der Waals surface area contributed by atoms with Gasteiger partial charge in [-0.2, -0.15) is 0 Å². The van der Waals surface area contributed by atoms with E-state index in [0.717, 1.165) is 5.56 Å². The van der Waals surface area contributed by atoms with Crippen LogP contribution in [0.3, 0.4) is 0 Å². The average Bonchev–Trinajstić information content (AvgIpc) is 3.03. The number of carbonyl (C=O) groups is 1. The number of benzene rings is 2. The first-order chi connectivity index (χ1) is 13.2. The van der Waals surface area contributed by atoms with Crippen molar-refractivity contribution in [1.29, 1.82) is 0 Å². The van der Waals surface area contributed by atoms with Gasteiger partial charge in [-0.1, -0.05) is 39.7 Å². The first kappa shape index (κ1) is 19.7. The van der Waals surface area contributed by atoms with E-state index in [1.54, 1.807) is 30.3 Å². The number of hydrogen-bond acceptors (Lipinski definition) is 3. The molecule has 2 heterocycles. The van der Waals surface area contributed by atoms with E-state index >= 15 is 0 Å². The zero-order valence-corrected chi connectivity index (χ0v) is 18.1. The number of rotatable bonds is 3. The van der Waals surface area contributed by atoms with E-state index in [-0.39, 0.29) is 24.1 Å². The predicted molar refractivity (Wildman–Crippen MR) is 110 cm³/mol. The number of carbonyl (C=O) groups excluding carboxylic acids is 1. The fourth-order valence-corrected chi connectivity index (χ4v) is 6.29. The third-order valence-electron chi connectivity index (χ3n) is 5.27. The second-order valence-corrected chi connectivity index (χ2v) is 10.6. The van der Waals surface area contributed by atoms with Gasteiger partial charge >= 0.3 is 6.03 Å². The Kier molecular flexibility index (Phi) is 4.92. The Balaban J connectivity index is 1.73. The Morgan fingerprint density at radius 1 is 1.18 bits per heavy atom. The molecule has 0 radical (unpaired) electrons. The molecule has 2 aliphatic heterocycles. The smallest absolute Gasteiger partial charge is 0.314 e. The number of nitrogens with zero attached hydrogens (tertiary/aromatic N) is 2. The fraction of sp³-hybridized carbons (Fsp3) is 0.316. The molecule has 2 atom stereocenters. The molecule has 2 aromatic carbocycles. The molecular weight excluding hydrogens is 471 g/mol. The van der Waals surface area contributed by atoms with Crippen LogP contribution in [0.15, 0.2) is 40.9 Å². The second-order valence-electron chi connectivity index (χ2n) is 7.16. The highest BCUT2D eigenvalue weighted by Crippen LogP contribution is 2.37. The van der Waals surface area contributed by atoms with E-state index in [9.17, 15) is 17.6 Å². The summed E-state index contributed by atoms with van der Waals surface area (Å²) in [6, 6.07) is 8.44. The normalized spacial score (nSPS) is 23.4. The van der Waals surface area contributed by atoms with E-state index in [0.29, 0.717) is 20.7 Å². The van der Waals surface area contributed by atoms with Gasteiger partial charge in [0.05, 0.1) is 30.1 Å². The summed E-state index contributed by atoms with van der Waals surface area (Å²) in [5.74, 6) is -0.692. The molecule has 4 rings (SSSR count). The molecule has 2 aliphatic rings. The first-order valence-electron chi connectivity index (χ1n) is 8.66. The van der Waals surface area contributed by atoms with Crippen molar-refractivity contribution >= 4 is 49.1 Å². The Bertz CT molecular complexity index is 1080. The van der Waals surface area contributed by atoms with Gasteiger partial charge in [-0.25, -0.2) is 17.6 Å². The topological polar surface area (TPSA) is 57.7 Å². The number of hydrogen-bond donors (Lipinski definition) is 0. The van der Waals surface area contributed by atoms with Crippen molar-refractivity contribution in [1.82, 2.24) is 4.90 Å². The van der Waals surface area contributed by atoms with Gasteiger partial charge in [0.25, 0.3) is 0 Å². The van der Waals surface area contributed by atoms with Crippen LogP contribution < -0.4 is 4.90 Å². The highest BCUT2D eigenvalue weighted by atomic mass is 79.9. The molecule has 0 N–H and O–H groups in total. The van der Waals surface area contributed by atoms with Crippen LogP contribution in [0.1, 0.15) is 11.1 Å². The number of aryl methyl sites for hydroxylation is 1. The zero-order chi connectivity index (χ0) is 20.2. The van der Waals surface area contributed by atoms with Crippen molar-refractivity contribution in [2.75, 3.05) is 16.4 Å². The highest BCUT2D eigenvalue weighted by Gasteiger charge is 2.53. The lowest BCUT2D eigenvalue weighted by Crippen LogP contribution is -2.37. The fourth-order valence-electron chi connectivity index (χ4n) is 3.83. The number of fused-ring (bicyclic) bond motifs is 1. The van der Waals surface area contributed by atoms with Crippen LogP contribution in [0, 0.1) is 12.7 Å². The summed E-state index contributed by atoms with van der Waals surface area (Å²) in [5.41, 5.74) is 1.75. The molecule has 2 saturated heterocycles. The second kappa shape index (κ2) is 7.00. The van der Waals surface area contributed by atoms with Crippen molar-refractivity contribution in [3.63, 3.8) is 0 Å². The van der Waals surface area contributed by atoms with Crippen molar-refractivity contribution < 1.29 is 17.6 Å². The minimum Gasteiger partial charge on any atom is -0.314 e. The molecule has 0 spiro atoms. The maximum absolute atomic E-state index is 14.3. The summed E-state index contributed by atoms with van der Waals surface area (Å²) in [4.78, 5) is 16.1. The summed E-state index contributed by atoms with van der Waals surface area (Å²) in [6.45, 7) is 1.86. The van der Waals surface area contributed by atoms with Crippen molar-refractivity contribution in [2.24, 2.45) is 0 Å². The largest absolute Gasteiger partial charge is 0.325 e. The summed E-state index contributed by atoms with van der Waals surface area (Å²) in [5, 5.41) is 0.500. The lowest BCUT2D eigenvalue weighted by Gasteiger charge is -2.23. The van der Waals surface area contributed by atoms with E-state index in [1.807, 2.05) is 6.92 Å². The molecule has 2 unspecified atom stereocenters. The number of sulfone groups is 1. The molecule has 2 amide bonds. The number of amides is 2. The Morgan fingerprint density at radius 2 is 1.89 bits per heavy atom. The maximum Gasteiger partial charge on any atom is 0.325 e. The molecule has 2 aromatic rings. The number of urea groups is 1. The van der Waals surface area contributed by atoms with Gasteiger partial charge in [-0.15, -0.1) is 0 Å². The van der Waals surface area contributed by atoms with E-state index < -0.39 is 27.7 Å². The van der Waals surface area contributed by atoms with Crippen LogP contribution in [-0.2, 0) is 16.4 Å². The van der Waals surface area contributed by atoms with Crippen LogP contribution in [0.4, 0.5) is 14.9 Å². The van der Waals surface area contributed by atoms with Gasteiger partial charge in [0.15, 0.2) is 9.84 Å². The summed E-state index contributed by atoms with van der Waals surface area (Å²) in [6.07, 6.45) is 0. The molecule has 0 bridgehead atoms. The molecule has 5 nitrogen and oxygen atoms in total. The summed E-state index contributed by atoms with van der Waals surface area (Å²) in [7, 11) is -3.30. The van der Waals surface area contributed by atoms with Crippen LogP contribution >= 0.6 is 27.5 Å². The lowest BCUT2D eigenvalue weighted by atomic mass is 10.1. The minimum absolute atomic E-state index is 0.00469. The van der Waals surface area contributed by atoms with Gasteiger partial charge in [-0.3, -0.25) is 4.90 Å². The SMILES string of the molecule is Cc1ccc(N2C(=O)N(Cc3ccc(Br)cc3F)C3CS(=O)(=O)CC32)cc1Cl.